The van der Waals surface area contributed by atoms with Gasteiger partial charge in [-0.25, -0.2) is 4.98 Å². The Morgan fingerprint density at radius 2 is 2.17 bits per heavy atom. The lowest BCUT2D eigenvalue weighted by Crippen LogP contribution is -2.24. The predicted molar refractivity (Wildman–Crippen MR) is 92.5 cm³/mol. The molecule has 1 amide bonds. The van der Waals surface area contributed by atoms with E-state index >= 15 is 0 Å². The van der Waals surface area contributed by atoms with Crippen LogP contribution in [0, 0.1) is 0 Å². The summed E-state index contributed by atoms with van der Waals surface area (Å²) in [6.45, 7) is 0.456. The molecule has 1 aliphatic carbocycles. The average Bonchev–Trinajstić information content (AvgIpc) is 3.39. The SMILES string of the molecule is Cn1c(C2CC2)nc2cc(CC(=O)NCc3ccccn3)ccc21. The second-order valence-electron chi connectivity index (χ2n) is 6.40. The maximum Gasteiger partial charge on any atom is 0.224 e. The Labute approximate surface area is 140 Å². The average molecular weight is 320 g/mol. The number of imidazole rings is 1. The van der Waals surface area contributed by atoms with Gasteiger partial charge in [0.1, 0.15) is 5.82 Å². The van der Waals surface area contributed by atoms with Crippen LogP contribution in [0.25, 0.3) is 11.0 Å². The van der Waals surface area contributed by atoms with Gasteiger partial charge in [-0.2, -0.15) is 0 Å². The summed E-state index contributed by atoms with van der Waals surface area (Å²) < 4.78 is 2.18. The summed E-state index contributed by atoms with van der Waals surface area (Å²) >= 11 is 0. The second kappa shape index (κ2) is 6.07. The van der Waals surface area contributed by atoms with E-state index in [9.17, 15) is 4.79 Å². The summed E-state index contributed by atoms with van der Waals surface area (Å²) in [6, 6.07) is 11.8. The molecule has 122 valence electrons. The van der Waals surface area contributed by atoms with E-state index in [4.69, 9.17) is 4.98 Å². The number of fused-ring (bicyclic) bond motifs is 1. The second-order valence-corrected chi connectivity index (χ2v) is 6.40. The Morgan fingerprint density at radius 1 is 1.29 bits per heavy atom. The molecule has 2 heterocycles. The highest BCUT2D eigenvalue weighted by Crippen LogP contribution is 2.40. The number of pyridine rings is 1. The van der Waals surface area contributed by atoms with E-state index in [1.54, 1.807) is 6.20 Å². The van der Waals surface area contributed by atoms with Crippen LogP contribution in [0.15, 0.2) is 42.6 Å². The fraction of sp³-hybridized carbons (Fsp3) is 0.316. The van der Waals surface area contributed by atoms with Gasteiger partial charge in [-0.1, -0.05) is 12.1 Å². The topological polar surface area (TPSA) is 59.8 Å². The summed E-state index contributed by atoms with van der Waals surface area (Å²) in [4.78, 5) is 21.1. The first kappa shape index (κ1) is 14.9. The van der Waals surface area contributed by atoms with Crippen LogP contribution in [0.5, 0.6) is 0 Å². The number of carbonyl (C=O) groups excluding carboxylic acids is 1. The molecule has 0 saturated heterocycles. The molecule has 0 atom stereocenters. The number of carbonyl (C=O) groups is 1. The first-order chi connectivity index (χ1) is 11.7. The van der Waals surface area contributed by atoms with Crippen LogP contribution in [0.4, 0.5) is 0 Å². The van der Waals surface area contributed by atoms with E-state index in [1.165, 1.54) is 18.7 Å². The third kappa shape index (κ3) is 3.02. The van der Waals surface area contributed by atoms with Gasteiger partial charge in [0.15, 0.2) is 0 Å². The standard InChI is InChI=1S/C19H20N4O/c1-23-17-8-5-13(10-16(17)22-19(23)14-6-7-14)11-18(24)21-12-15-4-2-3-9-20-15/h2-5,8-10,14H,6-7,11-12H2,1H3,(H,21,24). The van der Waals surface area contributed by atoms with E-state index in [1.807, 2.05) is 30.3 Å². The maximum absolute atomic E-state index is 12.1. The molecule has 2 aromatic heterocycles. The van der Waals surface area contributed by atoms with Crippen LogP contribution in [-0.4, -0.2) is 20.4 Å². The molecule has 1 saturated carbocycles. The van der Waals surface area contributed by atoms with Crippen molar-refractivity contribution in [3.05, 3.63) is 59.7 Å². The predicted octanol–water partition coefficient (Wildman–Crippen LogP) is 2.70. The minimum Gasteiger partial charge on any atom is -0.350 e. The molecule has 0 aliphatic heterocycles. The number of amides is 1. The van der Waals surface area contributed by atoms with E-state index in [2.05, 4.69) is 28.0 Å². The van der Waals surface area contributed by atoms with E-state index < -0.39 is 0 Å². The molecule has 0 radical (unpaired) electrons. The fourth-order valence-corrected chi connectivity index (χ4v) is 3.02. The summed E-state index contributed by atoms with van der Waals surface area (Å²) in [5, 5.41) is 2.91. The van der Waals surface area contributed by atoms with Crippen molar-refractivity contribution < 1.29 is 4.79 Å². The monoisotopic (exact) mass is 320 g/mol. The zero-order chi connectivity index (χ0) is 16.5. The Hall–Kier alpha value is -2.69. The molecule has 0 spiro atoms. The van der Waals surface area contributed by atoms with Gasteiger partial charge >= 0.3 is 0 Å². The Bertz CT molecular complexity index is 881. The zero-order valence-electron chi connectivity index (χ0n) is 13.7. The molecule has 1 N–H and O–H groups in total. The maximum atomic E-state index is 12.1. The lowest BCUT2D eigenvalue weighted by Gasteiger charge is -2.05. The molecular formula is C19H20N4O. The Morgan fingerprint density at radius 3 is 2.92 bits per heavy atom. The summed E-state index contributed by atoms with van der Waals surface area (Å²) in [7, 11) is 2.07. The number of nitrogens with one attached hydrogen (secondary N) is 1. The van der Waals surface area contributed by atoms with Crippen molar-refractivity contribution in [3.8, 4) is 0 Å². The van der Waals surface area contributed by atoms with Crippen LogP contribution in [0.2, 0.25) is 0 Å². The van der Waals surface area contributed by atoms with Gasteiger partial charge in [0.05, 0.1) is 29.7 Å². The zero-order valence-corrected chi connectivity index (χ0v) is 13.7. The largest absolute Gasteiger partial charge is 0.350 e. The molecule has 4 rings (SSSR count). The van der Waals surface area contributed by atoms with Crippen molar-refractivity contribution in [2.24, 2.45) is 7.05 Å². The van der Waals surface area contributed by atoms with E-state index in [0.717, 1.165) is 22.3 Å². The highest BCUT2D eigenvalue weighted by Gasteiger charge is 2.28. The number of nitrogens with zero attached hydrogens (tertiary/aromatic N) is 3. The van der Waals surface area contributed by atoms with E-state index in [-0.39, 0.29) is 5.91 Å². The molecule has 1 aliphatic rings. The molecule has 24 heavy (non-hydrogen) atoms. The van der Waals surface area contributed by atoms with Crippen molar-refractivity contribution in [1.82, 2.24) is 19.9 Å². The van der Waals surface area contributed by atoms with Gasteiger partial charge in [-0.05, 0) is 42.7 Å². The van der Waals surface area contributed by atoms with Crippen molar-refractivity contribution >= 4 is 16.9 Å². The number of hydrogen-bond acceptors (Lipinski definition) is 3. The van der Waals surface area contributed by atoms with Gasteiger partial charge in [0, 0.05) is 19.2 Å². The van der Waals surface area contributed by atoms with Gasteiger partial charge in [-0.15, -0.1) is 0 Å². The Balaban J connectivity index is 1.45. The van der Waals surface area contributed by atoms with Crippen molar-refractivity contribution in [1.29, 1.82) is 0 Å². The van der Waals surface area contributed by atoms with Gasteiger partial charge in [0.2, 0.25) is 5.91 Å². The third-order valence-electron chi connectivity index (χ3n) is 4.48. The number of hydrogen-bond donors (Lipinski definition) is 1. The van der Waals surface area contributed by atoms with Crippen LogP contribution in [0.3, 0.4) is 0 Å². The molecule has 1 fully saturated rings. The number of rotatable bonds is 5. The quantitative estimate of drug-likeness (QED) is 0.786. The summed E-state index contributed by atoms with van der Waals surface area (Å²) in [5.41, 5.74) is 3.96. The minimum absolute atomic E-state index is 0.00153. The van der Waals surface area contributed by atoms with E-state index in [0.29, 0.717) is 18.9 Å². The van der Waals surface area contributed by atoms with Crippen molar-refractivity contribution in [3.63, 3.8) is 0 Å². The third-order valence-corrected chi connectivity index (χ3v) is 4.48. The first-order valence-electron chi connectivity index (χ1n) is 8.32. The number of aromatic nitrogens is 3. The highest BCUT2D eigenvalue weighted by atomic mass is 16.1. The fourth-order valence-electron chi connectivity index (χ4n) is 3.02. The van der Waals surface area contributed by atoms with Gasteiger partial charge in [-0.3, -0.25) is 9.78 Å². The molecule has 1 aromatic carbocycles. The molecule has 0 bridgehead atoms. The van der Waals surface area contributed by atoms with Crippen LogP contribution in [-0.2, 0) is 24.8 Å². The van der Waals surface area contributed by atoms with Crippen molar-refractivity contribution in [2.75, 3.05) is 0 Å². The molecule has 3 aromatic rings. The summed E-state index contributed by atoms with van der Waals surface area (Å²) in [5.74, 6) is 1.78. The molecule has 5 nitrogen and oxygen atoms in total. The lowest BCUT2D eigenvalue weighted by molar-refractivity contribution is -0.120. The lowest BCUT2D eigenvalue weighted by atomic mass is 10.1. The molecule has 5 heteroatoms. The first-order valence-corrected chi connectivity index (χ1v) is 8.32. The van der Waals surface area contributed by atoms with Crippen LogP contribution < -0.4 is 5.32 Å². The highest BCUT2D eigenvalue weighted by molar-refractivity contribution is 5.82. The normalized spacial score (nSPS) is 14.0. The van der Waals surface area contributed by atoms with Crippen LogP contribution >= 0.6 is 0 Å². The van der Waals surface area contributed by atoms with Gasteiger partial charge < -0.3 is 9.88 Å². The van der Waals surface area contributed by atoms with Crippen LogP contribution in [0.1, 0.15) is 35.8 Å². The van der Waals surface area contributed by atoms with Crippen molar-refractivity contribution in [2.45, 2.75) is 31.7 Å². The summed E-state index contributed by atoms with van der Waals surface area (Å²) in [6.07, 6.45) is 4.56. The van der Waals surface area contributed by atoms with Gasteiger partial charge in [0.25, 0.3) is 0 Å². The smallest absolute Gasteiger partial charge is 0.224 e. The number of aryl methyl sites for hydroxylation is 1. The Kier molecular flexibility index (Phi) is 3.76. The molecule has 0 unspecified atom stereocenters. The minimum atomic E-state index is -0.00153. The molecular weight excluding hydrogens is 300 g/mol. The number of benzene rings is 1.